The van der Waals surface area contributed by atoms with E-state index >= 15 is 0 Å². The summed E-state index contributed by atoms with van der Waals surface area (Å²) in [7, 11) is 0. The number of carbonyl (C=O) groups is 2. The standard InChI is InChI=1S/C13H20N2O3S/c1-3-4-5-6-7-10(16)14-8-11-15-9(2)12(19-11)13(17)18/h3-8H2,1-2H3,(H,14,16)(H,17,18). The average molecular weight is 284 g/mol. The monoisotopic (exact) mass is 284 g/mol. The lowest BCUT2D eigenvalue weighted by molar-refractivity contribution is -0.121. The molecule has 19 heavy (non-hydrogen) atoms. The molecule has 0 bridgehead atoms. The first kappa shape index (κ1) is 15.6. The Balaban J connectivity index is 2.34. The zero-order valence-corrected chi connectivity index (χ0v) is 12.2. The Bertz CT molecular complexity index is 443. The van der Waals surface area contributed by atoms with E-state index in [0.717, 1.165) is 37.0 Å². The molecule has 0 aromatic carbocycles. The van der Waals surface area contributed by atoms with Crippen LogP contribution in [0.3, 0.4) is 0 Å². The third-order valence-electron chi connectivity index (χ3n) is 2.73. The average Bonchev–Trinajstić information content (AvgIpc) is 2.74. The zero-order valence-electron chi connectivity index (χ0n) is 11.4. The lowest BCUT2D eigenvalue weighted by atomic mass is 10.1. The maximum atomic E-state index is 11.6. The van der Waals surface area contributed by atoms with Crippen LogP contribution in [0, 0.1) is 6.92 Å². The Labute approximate surface area is 117 Å². The van der Waals surface area contributed by atoms with Crippen molar-refractivity contribution in [3.63, 3.8) is 0 Å². The van der Waals surface area contributed by atoms with Crippen LogP contribution < -0.4 is 5.32 Å². The second-order valence-electron chi connectivity index (χ2n) is 4.41. The van der Waals surface area contributed by atoms with Gasteiger partial charge in [0.25, 0.3) is 0 Å². The van der Waals surface area contributed by atoms with Gasteiger partial charge in [-0.3, -0.25) is 4.79 Å². The summed E-state index contributed by atoms with van der Waals surface area (Å²) in [6, 6.07) is 0. The molecule has 0 spiro atoms. The van der Waals surface area contributed by atoms with E-state index in [-0.39, 0.29) is 10.8 Å². The predicted molar refractivity (Wildman–Crippen MR) is 74.4 cm³/mol. The molecule has 0 radical (unpaired) electrons. The lowest BCUT2D eigenvalue weighted by Gasteiger charge is -2.02. The van der Waals surface area contributed by atoms with Crippen LogP contribution >= 0.6 is 11.3 Å². The molecule has 0 aliphatic carbocycles. The minimum absolute atomic E-state index is 0.000770. The smallest absolute Gasteiger partial charge is 0.347 e. The van der Waals surface area contributed by atoms with E-state index in [1.165, 1.54) is 0 Å². The van der Waals surface area contributed by atoms with Crippen molar-refractivity contribution in [3.8, 4) is 0 Å². The van der Waals surface area contributed by atoms with Crippen molar-refractivity contribution < 1.29 is 14.7 Å². The quantitative estimate of drug-likeness (QED) is 0.719. The van der Waals surface area contributed by atoms with Crippen LogP contribution in [0.15, 0.2) is 0 Å². The van der Waals surface area contributed by atoms with Gasteiger partial charge in [0.2, 0.25) is 5.91 Å². The third-order valence-corrected chi connectivity index (χ3v) is 3.87. The predicted octanol–water partition coefficient (Wildman–Crippen LogP) is 2.74. The number of carboxylic acids is 1. The van der Waals surface area contributed by atoms with Crippen molar-refractivity contribution in [1.29, 1.82) is 0 Å². The van der Waals surface area contributed by atoms with Crippen molar-refractivity contribution in [2.45, 2.75) is 52.5 Å². The summed E-state index contributed by atoms with van der Waals surface area (Å²) < 4.78 is 0. The number of unbranched alkanes of at least 4 members (excludes halogenated alkanes) is 3. The summed E-state index contributed by atoms with van der Waals surface area (Å²) in [6.45, 7) is 4.10. The van der Waals surface area contributed by atoms with Crippen LogP contribution in [-0.4, -0.2) is 22.0 Å². The molecule has 106 valence electrons. The number of thiazole rings is 1. The molecule has 1 aromatic rings. The number of aromatic carboxylic acids is 1. The second kappa shape index (κ2) is 7.89. The highest BCUT2D eigenvalue weighted by atomic mass is 32.1. The Kier molecular flexibility index (Phi) is 6.49. The van der Waals surface area contributed by atoms with Crippen molar-refractivity contribution in [2.75, 3.05) is 0 Å². The minimum Gasteiger partial charge on any atom is -0.477 e. The molecule has 0 saturated heterocycles. The molecule has 1 rings (SSSR count). The van der Waals surface area contributed by atoms with E-state index in [4.69, 9.17) is 5.11 Å². The number of nitrogens with zero attached hydrogens (tertiary/aromatic N) is 1. The molecule has 0 fully saturated rings. The van der Waals surface area contributed by atoms with Gasteiger partial charge in [-0.05, 0) is 13.3 Å². The van der Waals surface area contributed by atoms with Gasteiger partial charge >= 0.3 is 5.97 Å². The molecule has 1 heterocycles. The first-order valence-electron chi connectivity index (χ1n) is 6.51. The first-order chi connectivity index (χ1) is 9.04. The highest BCUT2D eigenvalue weighted by Crippen LogP contribution is 2.17. The van der Waals surface area contributed by atoms with E-state index in [9.17, 15) is 9.59 Å². The fraction of sp³-hybridized carbons (Fsp3) is 0.615. The van der Waals surface area contributed by atoms with Gasteiger partial charge in [-0.1, -0.05) is 26.2 Å². The molecule has 0 aliphatic rings. The number of hydrogen-bond donors (Lipinski definition) is 2. The Hall–Kier alpha value is -1.43. The summed E-state index contributed by atoms with van der Waals surface area (Å²) in [5.74, 6) is -0.965. The molecular weight excluding hydrogens is 264 g/mol. The summed E-state index contributed by atoms with van der Waals surface area (Å²) in [6.07, 6.45) is 4.80. The number of hydrogen-bond acceptors (Lipinski definition) is 4. The molecule has 1 aromatic heterocycles. The highest BCUT2D eigenvalue weighted by molar-refractivity contribution is 7.13. The molecule has 6 heteroatoms. The van der Waals surface area contributed by atoms with Crippen LogP contribution in [-0.2, 0) is 11.3 Å². The number of amides is 1. The SMILES string of the molecule is CCCCCCC(=O)NCc1nc(C)c(C(=O)O)s1. The minimum atomic E-state index is -0.966. The molecule has 2 N–H and O–H groups in total. The van der Waals surface area contributed by atoms with Gasteiger partial charge in [-0.2, -0.15) is 0 Å². The molecule has 5 nitrogen and oxygen atoms in total. The van der Waals surface area contributed by atoms with Crippen LogP contribution in [0.5, 0.6) is 0 Å². The maximum absolute atomic E-state index is 11.6. The first-order valence-corrected chi connectivity index (χ1v) is 7.32. The molecule has 0 aliphatic heterocycles. The normalized spacial score (nSPS) is 10.4. The number of carboxylic acid groups (broad SMARTS) is 1. The number of carbonyl (C=O) groups excluding carboxylic acids is 1. The van der Waals surface area contributed by atoms with E-state index < -0.39 is 5.97 Å². The number of aromatic nitrogens is 1. The topological polar surface area (TPSA) is 79.3 Å². The highest BCUT2D eigenvalue weighted by Gasteiger charge is 2.14. The second-order valence-corrected chi connectivity index (χ2v) is 5.50. The fourth-order valence-corrected chi connectivity index (χ4v) is 2.54. The van der Waals surface area contributed by atoms with Crippen LogP contribution in [0.4, 0.5) is 0 Å². The Morgan fingerprint density at radius 3 is 2.63 bits per heavy atom. The molecule has 1 amide bonds. The third kappa shape index (κ3) is 5.38. The number of nitrogens with one attached hydrogen (secondary N) is 1. The summed E-state index contributed by atoms with van der Waals surface area (Å²) >= 11 is 1.12. The van der Waals surface area contributed by atoms with Gasteiger partial charge in [-0.25, -0.2) is 9.78 Å². The van der Waals surface area contributed by atoms with E-state index in [2.05, 4.69) is 17.2 Å². The van der Waals surface area contributed by atoms with Crippen molar-refractivity contribution in [1.82, 2.24) is 10.3 Å². The van der Waals surface area contributed by atoms with Crippen LogP contribution in [0.2, 0.25) is 0 Å². The Morgan fingerprint density at radius 2 is 2.05 bits per heavy atom. The number of aryl methyl sites for hydroxylation is 1. The van der Waals surface area contributed by atoms with Gasteiger partial charge in [0.15, 0.2) is 0 Å². The zero-order chi connectivity index (χ0) is 14.3. The van der Waals surface area contributed by atoms with Gasteiger partial charge in [-0.15, -0.1) is 11.3 Å². The fourth-order valence-electron chi connectivity index (χ4n) is 1.70. The van der Waals surface area contributed by atoms with Crippen molar-refractivity contribution >= 4 is 23.2 Å². The molecule has 0 unspecified atom stereocenters. The summed E-state index contributed by atoms with van der Waals surface area (Å²) in [5.41, 5.74) is 0.504. The molecule has 0 atom stereocenters. The van der Waals surface area contributed by atoms with E-state index in [1.807, 2.05) is 0 Å². The molecule has 0 saturated carbocycles. The van der Waals surface area contributed by atoms with E-state index in [1.54, 1.807) is 6.92 Å². The van der Waals surface area contributed by atoms with Crippen molar-refractivity contribution in [2.24, 2.45) is 0 Å². The van der Waals surface area contributed by atoms with Crippen LogP contribution in [0.25, 0.3) is 0 Å². The van der Waals surface area contributed by atoms with Gasteiger partial charge in [0.05, 0.1) is 12.2 Å². The van der Waals surface area contributed by atoms with Gasteiger partial charge in [0, 0.05) is 6.42 Å². The van der Waals surface area contributed by atoms with Gasteiger partial charge in [0.1, 0.15) is 9.88 Å². The largest absolute Gasteiger partial charge is 0.477 e. The summed E-state index contributed by atoms with van der Waals surface area (Å²) in [5, 5.41) is 12.3. The van der Waals surface area contributed by atoms with Crippen molar-refractivity contribution in [3.05, 3.63) is 15.6 Å². The maximum Gasteiger partial charge on any atom is 0.347 e. The number of rotatable bonds is 8. The Morgan fingerprint density at radius 1 is 1.32 bits per heavy atom. The van der Waals surface area contributed by atoms with Gasteiger partial charge < -0.3 is 10.4 Å². The molecular formula is C13H20N2O3S. The summed E-state index contributed by atoms with van der Waals surface area (Å²) in [4.78, 5) is 26.8. The van der Waals surface area contributed by atoms with E-state index in [0.29, 0.717) is 23.7 Å². The van der Waals surface area contributed by atoms with Crippen LogP contribution in [0.1, 0.15) is 59.4 Å². The lowest BCUT2D eigenvalue weighted by Crippen LogP contribution is -2.22.